The van der Waals surface area contributed by atoms with Gasteiger partial charge in [0.25, 0.3) is 0 Å². The second kappa shape index (κ2) is 2.66. The van der Waals surface area contributed by atoms with E-state index in [1.807, 2.05) is 0 Å². The van der Waals surface area contributed by atoms with Gasteiger partial charge in [-0.05, 0) is 6.42 Å². The molecule has 0 saturated heterocycles. The fourth-order valence-electron chi connectivity index (χ4n) is 2.88. The quantitative estimate of drug-likeness (QED) is 0.264. The van der Waals surface area contributed by atoms with E-state index < -0.39 is 42.0 Å². The third-order valence-electron chi connectivity index (χ3n) is 3.85. The van der Waals surface area contributed by atoms with Crippen molar-refractivity contribution in [1.82, 2.24) is 0 Å². The van der Waals surface area contributed by atoms with E-state index >= 15 is 0 Å². The van der Waals surface area contributed by atoms with Crippen molar-refractivity contribution in [3.8, 4) is 0 Å². The van der Waals surface area contributed by atoms with Gasteiger partial charge in [-0.1, -0.05) is 0 Å². The lowest BCUT2D eigenvalue weighted by Crippen LogP contribution is -2.79. The van der Waals surface area contributed by atoms with Crippen molar-refractivity contribution in [2.24, 2.45) is 11.1 Å². The fourth-order valence-corrected chi connectivity index (χ4v) is 2.88. The van der Waals surface area contributed by atoms with Gasteiger partial charge >= 0.3 is 0 Å². The maximum atomic E-state index is 9.98. The first-order valence-electron chi connectivity index (χ1n) is 4.55. The minimum Gasteiger partial charge on any atom is -0.396 e. The van der Waals surface area contributed by atoms with Gasteiger partial charge in [0.1, 0.15) is 17.8 Å². The van der Waals surface area contributed by atoms with E-state index in [2.05, 4.69) is 0 Å². The standard InChI is InChI=1S/C8H15NO5/c9-3-1-7(2-10)5(12)6(13)8(7,14)4(3)11/h3-6,10-14H,1-2,9H2/t3-,4?,5-,6?,7?,8?/m0/s1. The van der Waals surface area contributed by atoms with Crippen LogP contribution in [0.2, 0.25) is 0 Å². The van der Waals surface area contributed by atoms with Gasteiger partial charge < -0.3 is 31.3 Å². The molecule has 2 rings (SSSR count). The van der Waals surface area contributed by atoms with Crippen LogP contribution in [0.25, 0.3) is 0 Å². The second-order valence-electron chi connectivity index (χ2n) is 4.34. The number of hydrogen-bond acceptors (Lipinski definition) is 6. The molecule has 0 bridgehead atoms. The maximum absolute atomic E-state index is 9.98. The molecule has 2 saturated carbocycles. The predicted molar refractivity (Wildman–Crippen MR) is 45.1 cm³/mol. The molecule has 0 aliphatic heterocycles. The van der Waals surface area contributed by atoms with Crippen LogP contribution in [0.1, 0.15) is 6.42 Å². The molecule has 2 fully saturated rings. The van der Waals surface area contributed by atoms with Crippen molar-refractivity contribution in [1.29, 1.82) is 0 Å². The van der Waals surface area contributed by atoms with E-state index in [1.165, 1.54) is 0 Å². The van der Waals surface area contributed by atoms with E-state index in [-0.39, 0.29) is 6.42 Å². The zero-order chi connectivity index (χ0) is 10.7. The summed E-state index contributed by atoms with van der Waals surface area (Å²) < 4.78 is 0. The van der Waals surface area contributed by atoms with Crippen molar-refractivity contribution in [2.75, 3.05) is 6.61 Å². The van der Waals surface area contributed by atoms with Crippen molar-refractivity contribution in [3.63, 3.8) is 0 Å². The predicted octanol–water partition coefficient (Wildman–Crippen LogP) is -3.48. The summed E-state index contributed by atoms with van der Waals surface area (Å²) in [5, 5.41) is 47.6. The number of aliphatic hydroxyl groups is 5. The first-order valence-corrected chi connectivity index (χ1v) is 4.55. The van der Waals surface area contributed by atoms with E-state index in [9.17, 15) is 20.4 Å². The highest BCUT2D eigenvalue weighted by Crippen LogP contribution is 2.59. The highest BCUT2D eigenvalue weighted by Gasteiger charge is 2.78. The van der Waals surface area contributed by atoms with Gasteiger partial charge in [0.15, 0.2) is 0 Å². The van der Waals surface area contributed by atoms with Crippen LogP contribution in [0.15, 0.2) is 0 Å². The molecular formula is C8H15NO5. The zero-order valence-corrected chi connectivity index (χ0v) is 7.54. The van der Waals surface area contributed by atoms with Crippen LogP contribution in [0, 0.1) is 5.41 Å². The highest BCUT2D eigenvalue weighted by atomic mass is 16.4. The lowest BCUT2D eigenvalue weighted by Gasteiger charge is -2.59. The minimum absolute atomic E-state index is 0.0966. The van der Waals surface area contributed by atoms with E-state index in [0.29, 0.717) is 0 Å². The van der Waals surface area contributed by atoms with E-state index in [0.717, 1.165) is 0 Å². The van der Waals surface area contributed by atoms with Gasteiger partial charge in [-0.15, -0.1) is 0 Å². The number of rotatable bonds is 1. The molecule has 6 nitrogen and oxygen atoms in total. The average molecular weight is 205 g/mol. The molecule has 0 amide bonds. The summed E-state index contributed by atoms with van der Waals surface area (Å²) in [7, 11) is 0. The smallest absolute Gasteiger partial charge is 0.131 e. The Hall–Kier alpha value is -0.240. The van der Waals surface area contributed by atoms with Gasteiger partial charge in [-0.3, -0.25) is 0 Å². The zero-order valence-electron chi connectivity index (χ0n) is 7.54. The monoisotopic (exact) mass is 205 g/mol. The molecule has 82 valence electrons. The molecule has 14 heavy (non-hydrogen) atoms. The lowest BCUT2D eigenvalue weighted by molar-refractivity contribution is -0.328. The van der Waals surface area contributed by atoms with Crippen LogP contribution < -0.4 is 5.73 Å². The summed E-state index contributed by atoms with van der Waals surface area (Å²) in [5.41, 5.74) is 2.38. The van der Waals surface area contributed by atoms with Crippen LogP contribution in [0.4, 0.5) is 0 Å². The average Bonchev–Trinajstić information content (AvgIpc) is 2.37. The van der Waals surface area contributed by atoms with Crippen molar-refractivity contribution in [2.45, 2.75) is 36.4 Å². The van der Waals surface area contributed by atoms with E-state index in [1.54, 1.807) is 0 Å². The number of nitrogens with two attached hydrogens (primary N) is 1. The SMILES string of the molecule is N[C@H]1CC2(CO)[C@@H](O)C(O)C2(O)C1O. The van der Waals surface area contributed by atoms with Crippen molar-refractivity contribution in [3.05, 3.63) is 0 Å². The Bertz CT molecular complexity index is 254. The molecule has 4 unspecified atom stereocenters. The fraction of sp³-hybridized carbons (Fsp3) is 1.00. The summed E-state index contributed by atoms with van der Waals surface area (Å²) in [5.74, 6) is 0. The summed E-state index contributed by atoms with van der Waals surface area (Å²) in [6, 6.07) is -0.737. The summed E-state index contributed by atoms with van der Waals surface area (Å²) in [4.78, 5) is 0. The topological polar surface area (TPSA) is 127 Å². The molecule has 0 aromatic heterocycles. The number of hydrogen-bond donors (Lipinski definition) is 6. The number of fused-ring (bicyclic) bond motifs is 1. The summed E-state index contributed by atoms with van der Waals surface area (Å²) in [6.45, 7) is -0.507. The molecular weight excluding hydrogens is 190 g/mol. The molecule has 7 N–H and O–H groups in total. The van der Waals surface area contributed by atoms with Crippen molar-refractivity contribution < 1.29 is 25.5 Å². The van der Waals surface area contributed by atoms with Gasteiger partial charge in [0.05, 0.1) is 18.1 Å². The molecule has 6 atom stereocenters. The first-order chi connectivity index (χ1) is 6.41. The van der Waals surface area contributed by atoms with Gasteiger partial charge in [-0.25, -0.2) is 0 Å². The molecule has 2 aliphatic rings. The largest absolute Gasteiger partial charge is 0.396 e. The molecule has 0 spiro atoms. The molecule has 0 aromatic carbocycles. The van der Waals surface area contributed by atoms with Crippen molar-refractivity contribution >= 4 is 0 Å². The molecule has 0 aromatic rings. The first kappa shape index (κ1) is 10.3. The Labute approximate surface area is 80.6 Å². The Kier molecular flexibility index (Phi) is 1.95. The molecule has 2 aliphatic carbocycles. The Balaban J connectivity index is 2.40. The lowest BCUT2D eigenvalue weighted by atomic mass is 9.54. The molecule has 0 radical (unpaired) electrons. The third-order valence-corrected chi connectivity index (χ3v) is 3.85. The molecule has 0 heterocycles. The minimum atomic E-state index is -1.87. The Morgan fingerprint density at radius 3 is 2.14 bits per heavy atom. The van der Waals surface area contributed by atoms with Gasteiger partial charge in [-0.2, -0.15) is 0 Å². The van der Waals surface area contributed by atoms with Crippen LogP contribution in [0.3, 0.4) is 0 Å². The van der Waals surface area contributed by atoms with Crippen LogP contribution >= 0.6 is 0 Å². The Morgan fingerprint density at radius 2 is 1.71 bits per heavy atom. The van der Waals surface area contributed by atoms with Crippen LogP contribution in [-0.4, -0.2) is 62.1 Å². The maximum Gasteiger partial charge on any atom is 0.131 e. The van der Waals surface area contributed by atoms with Gasteiger partial charge in [0, 0.05) is 6.04 Å². The van der Waals surface area contributed by atoms with Gasteiger partial charge in [0.2, 0.25) is 0 Å². The van der Waals surface area contributed by atoms with Crippen LogP contribution in [0.5, 0.6) is 0 Å². The summed E-state index contributed by atoms with van der Waals surface area (Å²) >= 11 is 0. The highest BCUT2D eigenvalue weighted by molar-refractivity contribution is 5.29. The van der Waals surface area contributed by atoms with Crippen LogP contribution in [-0.2, 0) is 0 Å². The normalized spacial score (nSPS) is 62.1. The van der Waals surface area contributed by atoms with E-state index in [4.69, 9.17) is 10.8 Å². The summed E-state index contributed by atoms with van der Waals surface area (Å²) in [6.07, 6.45) is -3.90. The Morgan fingerprint density at radius 1 is 1.14 bits per heavy atom. The molecule has 6 heteroatoms. The second-order valence-corrected chi connectivity index (χ2v) is 4.34. The third kappa shape index (κ3) is 0.745. The number of aliphatic hydroxyl groups excluding tert-OH is 4.